The van der Waals surface area contributed by atoms with E-state index >= 15 is 0 Å². The number of piperazine rings is 1. The van der Waals surface area contributed by atoms with Crippen molar-refractivity contribution < 1.29 is 42.5 Å². The second kappa shape index (κ2) is 7.73. The van der Waals surface area contributed by atoms with Gasteiger partial charge in [-0.3, -0.25) is 9.80 Å². The molecule has 1 aliphatic heterocycles. The fourth-order valence-electron chi connectivity index (χ4n) is 2.14. The summed E-state index contributed by atoms with van der Waals surface area (Å²) in [5.41, 5.74) is 1.25. The largest absolute Gasteiger partial charge is 1.00 e. The van der Waals surface area contributed by atoms with Crippen molar-refractivity contribution in [1.82, 2.24) is 9.80 Å². The fraction of sp³-hybridized carbons (Fsp3) is 0.500. The molecular weight excluding hydrogens is 275 g/mol. The number of benzene rings is 1. The van der Waals surface area contributed by atoms with Gasteiger partial charge in [-0.05, 0) is 5.56 Å². The van der Waals surface area contributed by atoms with Gasteiger partial charge < -0.3 is 4.55 Å². The first-order chi connectivity index (χ1) is 8.53. The van der Waals surface area contributed by atoms with E-state index in [0.29, 0.717) is 13.1 Å². The summed E-state index contributed by atoms with van der Waals surface area (Å²) >= 11 is 0. The normalized spacial score (nSPS) is 17.9. The Bertz CT molecular complexity index is 473. The molecule has 0 amide bonds. The van der Waals surface area contributed by atoms with Gasteiger partial charge in [-0.25, -0.2) is 8.42 Å². The first kappa shape index (κ1) is 17.1. The summed E-state index contributed by atoms with van der Waals surface area (Å²) in [5, 5.41) is 0. The van der Waals surface area contributed by atoms with E-state index in [1.54, 1.807) is 4.90 Å². The van der Waals surface area contributed by atoms with Crippen LogP contribution in [0, 0.1) is 0 Å². The van der Waals surface area contributed by atoms with Gasteiger partial charge in [-0.1, -0.05) is 30.3 Å². The van der Waals surface area contributed by atoms with Gasteiger partial charge in [0.1, 0.15) is 10.1 Å². The predicted octanol–water partition coefficient (Wildman–Crippen LogP) is -2.69. The van der Waals surface area contributed by atoms with E-state index in [1.165, 1.54) is 5.56 Å². The second-order valence-electron chi connectivity index (χ2n) is 4.57. The zero-order valence-corrected chi connectivity index (χ0v) is 14.0. The molecule has 1 aromatic rings. The Hall–Kier alpha value is 0.0500. The Balaban J connectivity index is 0.00000180. The minimum atomic E-state index is -4.14. The van der Waals surface area contributed by atoms with Crippen LogP contribution in [-0.2, 0) is 16.7 Å². The molecular formula is C12H17N2NaO3S. The average molecular weight is 292 g/mol. The van der Waals surface area contributed by atoms with Crippen molar-refractivity contribution in [2.45, 2.75) is 6.54 Å². The Kier molecular flexibility index (Phi) is 6.96. The van der Waals surface area contributed by atoms with Crippen LogP contribution >= 0.6 is 0 Å². The third kappa shape index (κ3) is 6.35. The van der Waals surface area contributed by atoms with Crippen LogP contribution in [0.4, 0.5) is 0 Å². The number of nitrogens with zero attached hydrogens (tertiary/aromatic N) is 2. The number of rotatable bonds is 4. The van der Waals surface area contributed by atoms with Gasteiger partial charge in [-0.2, -0.15) is 0 Å². The van der Waals surface area contributed by atoms with Crippen LogP contribution in [-0.4, -0.2) is 54.8 Å². The minimum Gasteiger partial charge on any atom is -0.747 e. The molecule has 0 atom stereocenters. The molecule has 5 nitrogen and oxygen atoms in total. The first-order valence-corrected chi connectivity index (χ1v) is 7.53. The molecule has 0 saturated carbocycles. The molecule has 1 aromatic carbocycles. The molecule has 1 saturated heterocycles. The molecule has 1 aliphatic rings. The third-order valence-corrected chi connectivity index (χ3v) is 3.74. The third-order valence-electron chi connectivity index (χ3n) is 3.05. The number of hydrogen-bond acceptors (Lipinski definition) is 5. The summed E-state index contributed by atoms with van der Waals surface area (Å²) in [6.07, 6.45) is 0. The molecule has 2 rings (SSSR count). The molecule has 19 heavy (non-hydrogen) atoms. The van der Waals surface area contributed by atoms with E-state index in [4.69, 9.17) is 0 Å². The maximum Gasteiger partial charge on any atom is 1.00 e. The molecule has 7 heteroatoms. The van der Waals surface area contributed by atoms with E-state index < -0.39 is 10.1 Å². The van der Waals surface area contributed by atoms with Gasteiger partial charge in [0.15, 0.2) is 0 Å². The first-order valence-electron chi connectivity index (χ1n) is 5.95. The van der Waals surface area contributed by atoms with Crippen LogP contribution in [0.5, 0.6) is 0 Å². The van der Waals surface area contributed by atoms with Gasteiger partial charge >= 0.3 is 29.6 Å². The van der Waals surface area contributed by atoms with Crippen molar-refractivity contribution in [3.8, 4) is 0 Å². The molecule has 0 aromatic heterocycles. The van der Waals surface area contributed by atoms with Crippen LogP contribution in [0.3, 0.4) is 0 Å². The van der Waals surface area contributed by atoms with Crippen LogP contribution < -0.4 is 29.6 Å². The molecule has 0 aliphatic carbocycles. The maximum absolute atomic E-state index is 10.7. The summed E-state index contributed by atoms with van der Waals surface area (Å²) in [7, 11) is -4.14. The Morgan fingerprint density at radius 3 is 2.05 bits per heavy atom. The molecule has 1 fully saturated rings. The van der Waals surface area contributed by atoms with Crippen molar-refractivity contribution in [3.05, 3.63) is 35.9 Å². The van der Waals surface area contributed by atoms with Gasteiger partial charge in [-0.15, -0.1) is 0 Å². The van der Waals surface area contributed by atoms with Crippen molar-refractivity contribution in [3.63, 3.8) is 0 Å². The summed E-state index contributed by atoms with van der Waals surface area (Å²) in [6, 6.07) is 10.2. The zero-order chi connectivity index (χ0) is 13.0. The van der Waals surface area contributed by atoms with Gasteiger partial charge in [0.2, 0.25) is 0 Å². The van der Waals surface area contributed by atoms with E-state index in [9.17, 15) is 13.0 Å². The minimum absolute atomic E-state index is 0. The van der Waals surface area contributed by atoms with E-state index in [2.05, 4.69) is 17.0 Å². The van der Waals surface area contributed by atoms with Crippen LogP contribution in [0.1, 0.15) is 5.56 Å². The summed E-state index contributed by atoms with van der Waals surface area (Å²) in [4.78, 5) is 3.97. The van der Waals surface area contributed by atoms with Crippen molar-refractivity contribution >= 4 is 10.1 Å². The molecule has 0 bridgehead atoms. The molecule has 0 unspecified atom stereocenters. The maximum atomic E-state index is 10.7. The van der Waals surface area contributed by atoms with E-state index in [-0.39, 0.29) is 35.4 Å². The smallest absolute Gasteiger partial charge is 0.747 e. The Morgan fingerprint density at radius 2 is 1.53 bits per heavy atom. The number of hydrogen-bond donors (Lipinski definition) is 0. The Labute approximate surface area is 136 Å². The predicted molar refractivity (Wildman–Crippen MR) is 67.9 cm³/mol. The fourth-order valence-corrected chi connectivity index (χ4v) is 2.85. The zero-order valence-electron chi connectivity index (χ0n) is 11.2. The molecule has 1 heterocycles. The topological polar surface area (TPSA) is 63.7 Å². The van der Waals surface area contributed by atoms with Crippen LogP contribution in [0.2, 0.25) is 0 Å². The summed E-state index contributed by atoms with van der Waals surface area (Å²) in [6.45, 7) is 3.73. The molecule has 0 radical (unpaired) electrons. The summed E-state index contributed by atoms with van der Waals surface area (Å²) in [5.74, 6) is -0.369. The standard InChI is InChI=1S/C12H18N2O3S.Na/c15-18(16,17)11-14-8-6-13(7-9-14)10-12-4-2-1-3-5-12;/h1-5H,6-11H2,(H,15,16,17);/q;+1/p-1. The summed E-state index contributed by atoms with van der Waals surface area (Å²) < 4.78 is 32.0. The van der Waals surface area contributed by atoms with E-state index in [1.807, 2.05) is 18.2 Å². The second-order valence-corrected chi connectivity index (χ2v) is 5.94. The van der Waals surface area contributed by atoms with Gasteiger partial charge in [0.25, 0.3) is 0 Å². The van der Waals surface area contributed by atoms with E-state index in [0.717, 1.165) is 19.6 Å². The van der Waals surface area contributed by atoms with Crippen molar-refractivity contribution in [1.29, 1.82) is 0 Å². The van der Waals surface area contributed by atoms with Crippen molar-refractivity contribution in [2.24, 2.45) is 0 Å². The van der Waals surface area contributed by atoms with Gasteiger partial charge in [0, 0.05) is 32.7 Å². The monoisotopic (exact) mass is 292 g/mol. The van der Waals surface area contributed by atoms with Crippen molar-refractivity contribution in [2.75, 3.05) is 32.1 Å². The van der Waals surface area contributed by atoms with Crippen LogP contribution in [0.25, 0.3) is 0 Å². The van der Waals surface area contributed by atoms with Gasteiger partial charge in [0.05, 0.1) is 5.88 Å². The SMILES string of the molecule is O=S(=O)([O-])CN1CCN(Cc2ccccc2)CC1.[Na+]. The molecule has 100 valence electrons. The molecule has 0 spiro atoms. The van der Waals surface area contributed by atoms with Crippen LogP contribution in [0.15, 0.2) is 30.3 Å². The average Bonchev–Trinajstić information content (AvgIpc) is 2.31. The molecule has 0 N–H and O–H groups in total. The quantitative estimate of drug-likeness (QED) is 0.447. The Morgan fingerprint density at radius 1 is 1.00 bits per heavy atom.